The Hall–Kier alpha value is -3.03. The van der Waals surface area contributed by atoms with Crippen LogP contribution in [0.15, 0.2) is 76.5 Å². The summed E-state index contributed by atoms with van der Waals surface area (Å²) in [5.41, 5.74) is 2.53. The normalized spacial score (nSPS) is 11.8. The average molecular weight is 415 g/mol. The zero-order chi connectivity index (χ0) is 20.5. The Morgan fingerprint density at radius 3 is 1.29 bits per heavy atom. The molecule has 0 aliphatic heterocycles. The topological polar surface area (TPSA) is 133 Å². The minimum absolute atomic E-state index is 0.258. The van der Waals surface area contributed by atoms with Gasteiger partial charge < -0.3 is 0 Å². The van der Waals surface area contributed by atoms with Crippen molar-refractivity contribution in [1.82, 2.24) is 0 Å². The summed E-state index contributed by atoms with van der Waals surface area (Å²) < 4.78 is 62.9. The zero-order valence-electron chi connectivity index (χ0n) is 14.1. The molecule has 0 fully saturated rings. The number of hydrogen-bond acceptors (Lipinski definition) is 5. The molecule has 0 saturated carbocycles. The summed E-state index contributed by atoms with van der Waals surface area (Å²) in [6.45, 7) is 0. The molecule has 0 aromatic heterocycles. The Labute approximate surface area is 162 Å². The lowest BCUT2D eigenvalue weighted by molar-refractivity contribution is 0.481. The molecule has 0 amide bonds. The van der Waals surface area contributed by atoms with Crippen LogP contribution in [-0.2, 0) is 20.2 Å². The summed E-state index contributed by atoms with van der Waals surface area (Å²) in [5.74, 6) is 0. The van der Waals surface area contributed by atoms with Crippen molar-refractivity contribution >= 4 is 20.2 Å². The van der Waals surface area contributed by atoms with Gasteiger partial charge in [0.1, 0.15) is 6.07 Å². The summed E-state index contributed by atoms with van der Waals surface area (Å²) >= 11 is 0. The lowest BCUT2D eigenvalue weighted by Crippen LogP contribution is -1.98. The first-order valence-corrected chi connectivity index (χ1v) is 10.7. The monoisotopic (exact) mass is 415 g/mol. The first-order chi connectivity index (χ1) is 13.1. The van der Waals surface area contributed by atoms with Crippen LogP contribution in [0.4, 0.5) is 0 Å². The summed E-state index contributed by atoms with van der Waals surface area (Å²) in [6, 6.07) is 18.1. The molecule has 2 N–H and O–H groups in total. The van der Waals surface area contributed by atoms with Crippen molar-refractivity contribution in [2.24, 2.45) is 0 Å². The smallest absolute Gasteiger partial charge is 0.282 e. The molecule has 0 saturated heterocycles. The largest absolute Gasteiger partial charge is 0.294 e. The number of hydrogen-bond donors (Lipinski definition) is 2. The summed E-state index contributed by atoms with van der Waals surface area (Å²) in [7, 11) is -8.64. The molecule has 3 rings (SSSR count). The standard InChI is InChI=1S/C19H13NO6S2/c20-12-19-17(13-4-8-15(9-5-13)27(21,22)23)2-1-3-18(19)14-6-10-16(11-7-14)28(24,25)26/h1-11H,(H,21,22,23)(H,24,25,26). The van der Waals surface area contributed by atoms with E-state index < -0.39 is 20.2 Å². The number of nitriles is 1. The minimum Gasteiger partial charge on any atom is -0.282 e. The molecule has 0 bridgehead atoms. The molecule has 0 heterocycles. The van der Waals surface area contributed by atoms with Gasteiger partial charge in [0, 0.05) is 11.1 Å². The molecule has 0 aliphatic carbocycles. The van der Waals surface area contributed by atoms with Crippen molar-refractivity contribution in [3.63, 3.8) is 0 Å². The van der Waals surface area contributed by atoms with E-state index in [1.54, 1.807) is 18.2 Å². The van der Waals surface area contributed by atoms with Crippen LogP contribution in [0, 0.1) is 11.3 Å². The van der Waals surface area contributed by atoms with Gasteiger partial charge in [0.2, 0.25) is 0 Å². The molecule has 0 spiro atoms. The summed E-state index contributed by atoms with van der Waals surface area (Å²) in [4.78, 5) is -0.515. The van der Waals surface area contributed by atoms with E-state index >= 15 is 0 Å². The van der Waals surface area contributed by atoms with E-state index in [0.717, 1.165) is 0 Å². The van der Waals surface area contributed by atoms with E-state index in [1.165, 1.54) is 48.5 Å². The first kappa shape index (κ1) is 19.7. The van der Waals surface area contributed by atoms with Crippen molar-refractivity contribution in [2.45, 2.75) is 9.79 Å². The molecule has 7 nitrogen and oxygen atoms in total. The minimum atomic E-state index is -4.32. The van der Waals surface area contributed by atoms with Gasteiger partial charge in [-0.2, -0.15) is 22.1 Å². The molecule has 0 unspecified atom stereocenters. The lowest BCUT2D eigenvalue weighted by atomic mass is 9.92. The van der Waals surface area contributed by atoms with Crippen molar-refractivity contribution in [3.8, 4) is 28.3 Å². The van der Waals surface area contributed by atoms with Gasteiger partial charge in [-0.1, -0.05) is 42.5 Å². The third kappa shape index (κ3) is 3.95. The maximum Gasteiger partial charge on any atom is 0.294 e. The highest BCUT2D eigenvalue weighted by Crippen LogP contribution is 2.32. The Bertz CT molecular complexity index is 1190. The maximum atomic E-state index is 11.2. The van der Waals surface area contributed by atoms with Crippen LogP contribution in [0.25, 0.3) is 22.3 Å². The van der Waals surface area contributed by atoms with Gasteiger partial charge in [-0.05, 0) is 35.4 Å². The van der Waals surface area contributed by atoms with Crippen LogP contribution < -0.4 is 0 Å². The second-order valence-corrected chi connectivity index (χ2v) is 8.68. The van der Waals surface area contributed by atoms with Gasteiger partial charge in [0.25, 0.3) is 20.2 Å². The fourth-order valence-corrected chi connectivity index (χ4v) is 3.73. The second-order valence-electron chi connectivity index (χ2n) is 5.84. The quantitative estimate of drug-likeness (QED) is 0.624. The predicted octanol–water partition coefficient (Wildman–Crippen LogP) is 3.39. The molecular formula is C19H13NO6S2. The highest BCUT2D eigenvalue weighted by molar-refractivity contribution is 7.86. The lowest BCUT2D eigenvalue weighted by Gasteiger charge is -2.11. The third-order valence-electron chi connectivity index (χ3n) is 4.10. The van der Waals surface area contributed by atoms with Crippen LogP contribution in [0.3, 0.4) is 0 Å². The molecule has 142 valence electrons. The van der Waals surface area contributed by atoms with E-state index in [4.69, 9.17) is 9.11 Å². The van der Waals surface area contributed by atoms with Crippen molar-refractivity contribution in [3.05, 3.63) is 72.3 Å². The van der Waals surface area contributed by atoms with Crippen LogP contribution in [0.2, 0.25) is 0 Å². The number of rotatable bonds is 4. The van der Waals surface area contributed by atoms with Crippen molar-refractivity contribution in [2.75, 3.05) is 0 Å². The molecule has 0 radical (unpaired) electrons. The molecule has 3 aromatic rings. The Balaban J connectivity index is 2.11. The maximum absolute atomic E-state index is 11.2. The van der Waals surface area contributed by atoms with Gasteiger partial charge in [0.05, 0.1) is 15.4 Å². The van der Waals surface area contributed by atoms with Crippen LogP contribution in [-0.4, -0.2) is 25.9 Å². The number of nitrogens with zero attached hydrogens (tertiary/aromatic N) is 1. The Morgan fingerprint density at radius 1 is 0.643 bits per heavy atom. The van der Waals surface area contributed by atoms with Gasteiger partial charge in [0.15, 0.2) is 0 Å². The molecule has 0 atom stereocenters. The van der Waals surface area contributed by atoms with Crippen LogP contribution in [0.1, 0.15) is 5.56 Å². The second kappa shape index (κ2) is 7.18. The molecule has 3 aromatic carbocycles. The average Bonchev–Trinajstić information content (AvgIpc) is 2.66. The van der Waals surface area contributed by atoms with Gasteiger partial charge in [-0.15, -0.1) is 0 Å². The number of benzene rings is 3. The highest BCUT2D eigenvalue weighted by Gasteiger charge is 2.15. The van der Waals surface area contributed by atoms with E-state index in [2.05, 4.69) is 6.07 Å². The fraction of sp³-hybridized carbons (Fsp3) is 0. The first-order valence-electron chi connectivity index (χ1n) is 7.80. The van der Waals surface area contributed by atoms with Gasteiger partial charge in [-0.3, -0.25) is 9.11 Å². The van der Waals surface area contributed by atoms with Gasteiger partial charge in [-0.25, -0.2) is 0 Å². The van der Waals surface area contributed by atoms with E-state index in [-0.39, 0.29) is 9.79 Å². The fourth-order valence-electron chi connectivity index (χ4n) is 2.77. The summed E-state index contributed by atoms with van der Waals surface area (Å²) in [6.07, 6.45) is 0. The van der Waals surface area contributed by atoms with E-state index in [1.807, 2.05) is 0 Å². The molecular weight excluding hydrogens is 402 g/mol. The van der Waals surface area contributed by atoms with Crippen molar-refractivity contribution < 1.29 is 25.9 Å². The predicted molar refractivity (Wildman–Crippen MR) is 102 cm³/mol. The highest BCUT2D eigenvalue weighted by atomic mass is 32.2. The molecule has 28 heavy (non-hydrogen) atoms. The van der Waals surface area contributed by atoms with Crippen molar-refractivity contribution in [1.29, 1.82) is 5.26 Å². The Kier molecular flexibility index (Phi) is 5.06. The zero-order valence-corrected chi connectivity index (χ0v) is 15.8. The summed E-state index contributed by atoms with van der Waals surface area (Å²) in [5, 5.41) is 9.67. The van der Waals surface area contributed by atoms with E-state index in [9.17, 15) is 22.1 Å². The van der Waals surface area contributed by atoms with E-state index in [0.29, 0.717) is 27.8 Å². The SMILES string of the molecule is N#Cc1c(-c2ccc(S(=O)(=O)O)cc2)cccc1-c1ccc(S(=O)(=O)O)cc1. The molecule has 0 aliphatic rings. The van der Waals surface area contributed by atoms with Crippen LogP contribution in [0.5, 0.6) is 0 Å². The Morgan fingerprint density at radius 2 is 1.00 bits per heavy atom. The van der Waals surface area contributed by atoms with Crippen LogP contribution >= 0.6 is 0 Å². The third-order valence-corrected chi connectivity index (χ3v) is 5.84. The molecule has 9 heteroatoms. The van der Waals surface area contributed by atoms with Gasteiger partial charge >= 0.3 is 0 Å².